The minimum absolute atomic E-state index is 0.572. The van der Waals surface area contributed by atoms with Crippen LogP contribution in [-0.4, -0.2) is 50.8 Å². The van der Waals surface area contributed by atoms with Crippen LogP contribution in [0, 0.1) is 0 Å². The van der Waals surface area contributed by atoms with E-state index in [0.29, 0.717) is 12.1 Å². The average Bonchev–Trinajstić information content (AvgIpc) is 2.98. The van der Waals surface area contributed by atoms with Gasteiger partial charge in [0.05, 0.1) is 12.6 Å². The van der Waals surface area contributed by atoms with Crippen LogP contribution >= 0.6 is 0 Å². The first-order chi connectivity index (χ1) is 8.38. The molecule has 0 amide bonds. The van der Waals surface area contributed by atoms with Crippen molar-refractivity contribution in [3.05, 3.63) is 5.82 Å². The van der Waals surface area contributed by atoms with Crippen LogP contribution in [0.3, 0.4) is 0 Å². The highest BCUT2D eigenvalue weighted by Gasteiger charge is 2.30. The molecule has 6 heteroatoms. The lowest BCUT2D eigenvalue weighted by Crippen LogP contribution is -2.57. The molecule has 1 aromatic rings. The van der Waals surface area contributed by atoms with E-state index in [1.807, 2.05) is 4.68 Å². The first-order valence-corrected chi connectivity index (χ1v) is 6.60. The van der Waals surface area contributed by atoms with Crippen LogP contribution in [0.5, 0.6) is 0 Å². The molecule has 2 heterocycles. The van der Waals surface area contributed by atoms with Gasteiger partial charge >= 0.3 is 0 Å². The number of nitrogens with one attached hydrogen (secondary N) is 1. The van der Waals surface area contributed by atoms with Crippen LogP contribution in [0.2, 0.25) is 0 Å². The summed E-state index contributed by atoms with van der Waals surface area (Å²) in [5, 5.41) is 15.4. The molecule has 2 fully saturated rings. The molecule has 1 aliphatic carbocycles. The molecule has 17 heavy (non-hydrogen) atoms. The van der Waals surface area contributed by atoms with Crippen LogP contribution in [0.4, 0.5) is 0 Å². The number of hydrogen-bond acceptors (Lipinski definition) is 5. The summed E-state index contributed by atoms with van der Waals surface area (Å²) in [6.45, 7) is 6.45. The van der Waals surface area contributed by atoms with Crippen LogP contribution in [0.15, 0.2) is 0 Å². The van der Waals surface area contributed by atoms with Crippen molar-refractivity contribution in [3.8, 4) is 0 Å². The molecule has 0 atom stereocenters. The molecule has 1 aromatic heterocycles. The van der Waals surface area contributed by atoms with Crippen molar-refractivity contribution in [3.63, 3.8) is 0 Å². The number of rotatable bonds is 6. The predicted octanol–water partition coefficient (Wildman–Crippen LogP) is 0.192. The maximum absolute atomic E-state index is 4.18. The fourth-order valence-electron chi connectivity index (χ4n) is 2.31. The number of hydrogen-bond donors (Lipinski definition) is 1. The molecule has 3 rings (SSSR count). The van der Waals surface area contributed by atoms with E-state index in [1.165, 1.54) is 19.3 Å². The Hall–Kier alpha value is -1.01. The van der Waals surface area contributed by atoms with Gasteiger partial charge in [0.25, 0.3) is 0 Å². The van der Waals surface area contributed by atoms with Crippen molar-refractivity contribution in [2.24, 2.45) is 0 Å². The molecule has 2 aliphatic rings. The summed E-state index contributed by atoms with van der Waals surface area (Å²) in [5.74, 6) is 1.04. The van der Waals surface area contributed by atoms with Crippen LogP contribution < -0.4 is 5.32 Å². The van der Waals surface area contributed by atoms with Gasteiger partial charge in [0.1, 0.15) is 0 Å². The number of tetrazole rings is 1. The average molecular weight is 236 g/mol. The summed E-state index contributed by atoms with van der Waals surface area (Å²) in [4.78, 5) is 2.50. The minimum Gasteiger partial charge on any atom is -0.314 e. The second-order valence-corrected chi connectivity index (χ2v) is 5.05. The lowest BCUT2D eigenvalue weighted by molar-refractivity contribution is 0.132. The maximum atomic E-state index is 4.18. The smallest absolute Gasteiger partial charge is 0.165 e. The Morgan fingerprint density at radius 2 is 2.24 bits per heavy atom. The summed E-state index contributed by atoms with van der Waals surface area (Å²) < 4.78 is 2.02. The molecule has 1 saturated carbocycles. The zero-order chi connectivity index (χ0) is 11.7. The van der Waals surface area contributed by atoms with Crippen molar-refractivity contribution in [2.45, 2.75) is 44.8 Å². The van der Waals surface area contributed by atoms with Crippen molar-refractivity contribution in [2.75, 3.05) is 19.6 Å². The highest BCUT2D eigenvalue weighted by Crippen LogP contribution is 2.34. The summed E-state index contributed by atoms with van der Waals surface area (Å²) in [6, 6.07) is 1.24. The van der Waals surface area contributed by atoms with E-state index < -0.39 is 0 Å². The summed E-state index contributed by atoms with van der Waals surface area (Å²) >= 11 is 0. The SMILES string of the molecule is CCCN(Cc1nnnn1C1CC1)C1CNC1. The molecule has 1 aliphatic heterocycles. The van der Waals surface area contributed by atoms with E-state index in [2.05, 4.69) is 32.7 Å². The lowest BCUT2D eigenvalue weighted by atomic mass is 10.1. The van der Waals surface area contributed by atoms with Gasteiger partial charge in [-0.2, -0.15) is 0 Å². The van der Waals surface area contributed by atoms with Gasteiger partial charge in [0.2, 0.25) is 0 Å². The van der Waals surface area contributed by atoms with Crippen molar-refractivity contribution < 1.29 is 0 Å². The van der Waals surface area contributed by atoms with E-state index in [1.54, 1.807) is 0 Å². The Balaban J connectivity index is 1.67. The van der Waals surface area contributed by atoms with Crippen molar-refractivity contribution in [1.82, 2.24) is 30.4 Å². The maximum Gasteiger partial charge on any atom is 0.165 e. The van der Waals surface area contributed by atoms with Gasteiger partial charge in [-0.3, -0.25) is 4.90 Å². The normalized spacial score (nSPS) is 20.8. The van der Waals surface area contributed by atoms with Gasteiger partial charge in [-0.05, 0) is 36.2 Å². The zero-order valence-corrected chi connectivity index (χ0v) is 10.3. The fourth-order valence-corrected chi connectivity index (χ4v) is 2.31. The third-order valence-electron chi connectivity index (χ3n) is 3.59. The van der Waals surface area contributed by atoms with E-state index in [4.69, 9.17) is 0 Å². The number of aromatic nitrogens is 4. The molecular weight excluding hydrogens is 216 g/mol. The fraction of sp³-hybridized carbons (Fsp3) is 0.909. The molecule has 1 saturated heterocycles. The van der Waals surface area contributed by atoms with Crippen LogP contribution in [0.1, 0.15) is 38.1 Å². The third kappa shape index (κ3) is 2.32. The molecule has 0 radical (unpaired) electrons. The molecule has 0 unspecified atom stereocenters. The van der Waals surface area contributed by atoms with Gasteiger partial charge in [-0.1, -0.05) is 6.92 Å². The highest BCUT2D eigenvalue weighted by atomic mass is 15.6. The Bertz CT molecular complexity index is 368. The van der Waals surface area contributed by atoms with Gasteiger partial charge in [0, 0.05) is 19.1 Å². The molecule has 1 N–H and O–H groups in total. The van der Waals surface area contributed by atoms with Gasteiger partial charge < -0.3 is 5.32 Å². The molecular formula is C11H20N6. The third-order valence-corrected chi connectivity index (χ3v) is 3.59. The van der Waals surface area contributed by atoms with Crippen LogP contribution in [-0.2, 0) is 6.54 Å². The Morgan fingerprint density at radius 3 is 2.82 bits per heavy atom. The summed E-state index contributed by atoms with van der Waals surface area (Å²) in [6.07, 6.45) is 3.65. The predicted molar refractivity (Wildman–Crippen MR) is 63.4 cm³/mol. The Morgan fingerprint density at radius 1 is 1.41 bits per heavy atom. The van der Waals surface area contributed by atoms with Gasteiger partial charge in [0.15, 0.2) is 5.82 Å². The number of nitrogens with zero attached hydrogens (tertiary/aromatic N) is 5. The molecule has 6 nitrogen and oxygen atoms in total. The Kier molecular flexibility index (Phi) is 3.07. The zero-order valence-electron chi connectivity index (χ0n) is 10.3. The topological polar surface area (TPSA) is 58.9 Å². The standard InChI is InChI=1S/C11H20N6/c1-2-5-16(10-6-12-7-10)8-11-13-14-15-17(11)9-3-4-9/h9-10,12H,2-8H2,1H3. The van der Waals surface area contributed by atoms with Crippen molar-refractivity contribution in [1.29, 1.82) is 0 Å². The van der Waals surface area contributed by atoms with E-state index in [9.17, 15) is 0 Å². The monoisotopic (exact) mass is 236 g/mol. The second-order valence-electron chi connectivity index (χ2n) is 5.05. The van der Waals surface area contributed by atoms with E-state index in [-0.39, 0.29) is 0 Å². The van der Waals surface area contributed by atoms with Gasteiger partial charge in [-0.15, -0.1) is 5.10 Å². The molecule has 0 spiro atoms. The molecule has 0 aromatic carbocycles. The quantitative estimate of drug-likeness (QED) is 0.764. The van der Waals surface area contributed by atoms with Crippen molar-refractivity contribution >= 4 is 0 Å². The largest absolute Gasteiger partial charge is 0.314 e. The summed E-state index contributed by atoms with van der Waals surface area (Å²) in [5.41, 5.74) is 0. The van der Waals surface area contributed by atoms with E-state index in [0.717, 1.165) is 32.0 Å². The van der Waals surface area contributed by atoms with Gasteiger partial charge in [-0.25, -0.2) is 4.68 Å². The Labute approximate surface area is 101 Å². The first kappa shape index (κ1) is 11.1. The minimum atomic E-state index is 0.572. The first-order valence-electron chi connectivity index (χ1n) is 6.60. The second kappa shape index (κ2) is 4.70. The highest BCUT2D eigenvalue weighted by molar-refractivity contribution is 4.93. The molecule has 0 bridgehead atoms. The van der Waals surface area contributed by atoms with E-state index >= 15 is 0 Å². The molecule has 94 valence electrons. The lowest BCUT2D eigenvalue weighted by Gasteiger charge is -2.37. The summed E-state index contributed by atoms with van der Waals surface area (Å²) in [7, 11) is 0. The van der Waals surface area contributed by atoms with Crippen LogP contribution in [0.25, 0.3) is 0 Å².